The van der Waals surface area contributed by atoms with E-state index in [-0.39, 0.29) is 0 Å². The lowest BCUT2D eigenvalue weighted by molar-refractivity contribution is 0.927. The summed E-state index contributed by atoms with van der Waals surface area (Å²) < 4.78 is 0. The summed E-state index contributed by atoms with van der Waals surface area (Å²) in [5, 5.41) is 0. The monoisotopic (exact) mass is 248 g/mol. The second-order valence-electron chi connectivity index (χ2n) is 5.35. The molecule has 0 aromatic heterocycles. The molecule has 0 heterocycles. The summed E-state index contributed by atoms with van der Waals surface area (Å²) in [4.78, 5) is 0. The Morgan fingerprint density at radius 3 is 2.58 bits per heavy atom. The van der Waals surface area contributed by atoms with Crippen LogP contribution in [0.3, 0.4) is 0 Å². The summed E-state index contributed by atoms with van der Waals surface area (Å²) in [5.74, 6) is 0. The topological polar surface area (TPSA) is 0 Å². The van der Waals surface area contributed by atoms with Crippen LogP contribution in [-0.4, -0.2) is 0 Å². The smallest absolute Gasteiger partial charge is 0.0193 e. The van der Waals surface area contributed by atoms with E-state index < -0.39 is 0 Å². The maximum Gasteiger partial charge on any atom is -0.0193 e. The zero-order valence-corrected chi connectivity index (χ0v) is 11.5. The van der Waals surface area contributed by atoms with Gasteiger partial charge in [-0.15, -0.1) is 0 Å². The summed E-state index contributed by atoms with van der Waals surface area (Å²) in [6.45, 7) is 2.24. The van der Waals surface area contributed by atoms with Crippen molar-refractivity contribution in [1.82, 2.24) is 0 Å². The van der Waals surface area contributed by atoms with Crippen LogP contribution >= 0.6 is 0 Å². The van der Waals surface area contributed by atoms with Crippen LogP contribution in [0.5, 0.6) is 0 Å². The number of hydrogen-bond donors (Lipinski definition) is 0. The van der Waals surface area contributed by atoms with Gasteiger partial charge in [-0.1, -0.05) is 54.6 Å². The summed E-state index contributed by atoms with van der Waals surface area (Å²) >= 11 is 0. The Hall–Kier alpha value is -1.82. The van der Waals surface area contributed by atoms with Gasteiger partial charge in [-0.3, -0.25) is 0 Å². The van der Waals surface area contributed by atoms with E-state index >= 15 is 0 Å². The molecular weight excluding hydrogens is 228 g/mol. The minimum atomic E-state index is 1.14. The van der Waals surface area contributed by atoms with Crippen LogP contribution in [0.2, 0.25) is 0 Å². The molecule has 0 radical (unpaired) electrons. The fourth-order valence-electron chi connectivity index (χ4n) is 3.00. The van der Waals surface area contributed by atoms with Gasteiger partial charge in [-0.2, -0.15) is 0 Å². The van der Waals surface area contributed by atoms with E-state index in [9.17, 15) is 0 Å². The lowest BCUT2D eigenvalue weighted by Crippen LogP contribution is -2.03. The Kier molecular flexibility index (Phi) is 3.50. The zero-order valence-electron chi connectivity index (χ0n) is 11.5. The second kappa shape index (κ2) is 5.44. The molecule has 0 amide bonds. The maximum atomic E-state index is 2.44. The average molecular weight is 248 g/mol. The SMILES string of the molecule is Cc1cccc2c1CCC=C2CCc1ccccc1. The highest BCUT2D eigenvalue weighted by Gasteiger charge is 2.13. The first-order chi connectivity index (χ1) is 9.34. The van der Waals surface area contributed by atoms with Crippen LogP contribution in [0.4, 0.5) is 0 Å². The molecule has 0 aliphatic heterocycles. The van der Waals surface area contributed by atoms with Gasteiger partial charge in [0.1, 0.15) is 0 Å². The van der Waals surface area contributed by atoms with Gasteiger partial charge in [0, 0.05) is 0 Å². The molecule has 2 aromatic rings. The minimum absolute atomic E-state index is 1.14. The number of aryl methyl sites for hydroxylation is 2. The van der Waals surface area contributed by atoms with E-state index in [1.165, 1.54) is 35.1 Å². The van der Waals surface area contributed by atoms with Crippen molar-refractivity contribution in [3.8, 4) is 0 Å². The molecule has 96 valence electrons. The van der Waals surface area contributed by atoms with Crippen molar-refractivity contribution in [2.45, 2.75) is 32.6 Å². The highest BCUT2D eigenvalue weighted by molar-refractivity contribution is 5.71. The van der Waals surface area contributed by atoms with Crippen molar-refractivity contribution >= 4 is 5.57 Å². The van der Waals surface area contributed by atoms with Crippen LogP contribution in [0, 0.1) is 6.92 Å². The third-order valence-corrected chi connectivity index (χ3v) is 4.07. The van der Waals surface area contributed by atoms with E-state index in [4.69, 9.17) is 0 Å². The molecule has 0 nitrogen and oxygen atoms in total. The first-order valence-corrected chi connectivity index (χ1v) is 7.16. The molecule has 0 atom stereocenters. The van der Waals surface area contributed by atoms with Crippen molar-refractivity contribution < 1.29 is 0 Å². The summed E-state index contributed by atoms with van der Waals surface area (Å²) in [5.41, 5.74) is 7.47. The molecule has 3 rings (SSSR count). The van der Waals surface area contributed by atoms with Gasteiger partial charge in [0.2, 0.25) is 0 Å². The molecule has 2 aromatic carbocycles. The van der Waals surface area contributed by atoms with E-state index in [0.29, 0.717) is 0 Å². The lowest BCUT2D eigenvalue weighted by Gasteiger charge is -2.19. The number of fused-ring (bicyclic) bond motifs is 1. The highest BCUT2D eigenvalue weighted by Crippen LogP contribution is 2.31. The first-order valence-electron chi connectivity index (χ1n) is 7.16. The molecule has 19 heavy (non-hydrogen) atoms. The quantitative estimate of drug-likeness (QED) is 0.720. The molecule has 0 heteroatoms. The lowest BCUT2D eigenvalue weighted by atomic mass is 9.85. The number of hydrogen-bond acceptors (Lipinski definition) is 0. The Labute approximate surface area is 115 Å². The average Bonchev–Trinajstić information content (AvgIpc) is 2.47. The van der Waals surface area contributed by atoms with Gasteiger partial charge in [0.05, 0.1) is 0 Å². The Bertz CT molecular complexity index is 591. The molecule has 0 N–H and O–H groups in total. The number of rotatable bonds is 3. The predicted octanol–water partition coefficient (Wildman–Crippen LogP) is 4.96. The summed E-state index contributed by atoms with van der Waals surface area (Å²) in [6.07, 6.45) is 7.13. The first kappa shape index (κ1) is 12.2. The van der Waals surface area contributed by atoms with Crippen LogP contribution in [0.25, 0.3) is 5.57 Å². The van der Waals surface area contributed by atoms with Crippen LogP contribution in [-0.2, 0) is 12.8 Å². The fraction of sp³-hybridized carbons (Fsp3) is 0.263. The molecule has 0 spiro atoms. The van der Waals surface area contributed by atoms with Gasteiger partial charge in [0.25, 0.3) is 0 Å². The standard InChI is InChI=1S/C19H20/c1-15-7-5-12-19-17(10-6-11-18(15)19)14-13-16-8-3-2-4-9-16/h2-5,7-10,12H,6,11,13-14H2,1H3. The van der Waals surface area contributed by atoms with Crippen molar-refractivity contribution in [1.29, 1.82) is 0 Å². The Morgan fingerprint density at radius 1 is 0.895 bits per heavy atom. The van der Waals surface area contributed by atoms with E-state index in [2.05, 4.69) is 61.5 Å². The van der Waals surface area contributed by atoms with E-state index in [1.54, 1.807) is 5.56 Å². The zero-order chi connectivity index (χ0) is 13.1. The van der Waals surface area contributed by atoms with Gasteiger partial charge >= 0.3 is 0 Å². The molecule has 0 unspecified atom stereocenters. The van der Waals surface area contributed by atoms with Crippen LogP contribution in [0.15, 0.2) is 54.6 Å². The second-order valence-corrected chi connectivity index (χ2v) is 5.35. The molecular formula is C19H20. The van der Waals surface area contributed by atoms with Crippen LogP contribution in [0.1, 0.15) is 35.1 Å². The van der Waals surface area contributed by atoms with Crippen molar-refractivity contribution in [2.75, 3.05) is 0 Å². The van der Waals surface area contributed by atoms with E-state index in [0.717, 1.165) is 12.8 Å². The van der Waals surface area contributed by atoms with Gasteiger partial charge in [-0.05, 0) is 60.4 Å². The summed E-state index contributed by atoms with van der Waals surface area (Å²) in [6, 6.07) is 17.5. The number of allylic oxidation sites excluding steroid dienone is 2. The predicted molar refractivity (Wildman–Crippen MR) is 82.2 cm³/mol. The number of benzene rings is 2. The Balaban J connectivity index is 1.80. The fourth-order valence-corrected chi connectivity index (χ4v) is 3.00. The van der Waals surface area contributed by atoms with Gasteiger partial charge in [-0.25, -0.2) is 0 Å². The van der Waals surface area contributed by atoms with Gasteiger partial charge in [0.15, 0.2) is 0 Å². The molecule has 0 saturated heterocycles. The van der Waals surface area contributed by atoms with Crippen molar-refractivity contribution in [3.05, 3.63) is 76.9 Å². The van der Waals surface area contributed by atoms with Crippen molar-refractivity contribution in [3.63, 3.8) is 0 Å². The molecule has 0 saturated carbocycles. The highest BCUT2D eigenvalue weighted by atomic mass is 14.2. The minimum Gasteiger partial charge on any atom is -0.0804 e. The third kappa shape index (κ3) is 2.63. The molecule has 0 fully saturated rings. The van der Waals surface area contributed by atoms with E-state index in [1.807, 2.05) is 0 Å². The summed E-state index contributed by atoms with van der Waals surface area (Å²) in [7, 11) is 0. The molecule has 1 aliphatic rings. The molecule has 1 aliphatic carbocycles. The van der Waals surface area contributed by atoms with Gasteiger partial charge < -0.3 is 0 Å². The van der Waals surface area contributed by atoms with Crippen LogP contribution < -0.4 is 0 Å². The third-order valence-electron chi connectivity index (χ3n) is 4.07. The Morgan fingerprint density at radius 2 is 1.74 bits per heavy atom. The largest absolute Gasteiger partial charge is 0.0804 e. The maximum absolute atomic E-state index is 2.44. The molecule has 0 bridgehead atoms. The van der Waals surface area contributed by atoms with Crippen molar-refractivity contribution in [2.24, 2.45) is 0 Å². The normalized spacial score (nSPS) is 13.8.